The molecule has 12 aromatic rings. The molecular weight excluding hydrogens is 1330 g/mol. The van der Waals surface area contributed by atoms with Gasteiger partial charge in [-0.15, -0.1) is 102 Å². The van der Waals surface area contributed by atoms with Gasteiger partial charge in [-0.2, -0.15) is 11.3 Å². The SMILES string of the molecule is Brc1ccsc1.CC(=O)c1nc2sccc2s1.CC1(c2nc3sc(I)cc3s2)CC1.CC1(c2nc3sccc3s2)CC1.Nc1nc2sccc2s1.O=[N+]([O-])c1sccc1Br.c1nc2sccc2s1. The van der Waals surface area contributed by atoms with Gasteiger partial charge in [0.15, 0.2) is 15.9 Å². The van der Waals surface area contributed by atoms with Crippen molar-refractivity contribution in [1.29, 1.82) is 0 Å². The number of anilines is 1. The number of carbonyl (C=O) groups is 1. The van der Waals surface area contributed by atoms with E-state index in [0.29, 0.717) is 25.4 Å². The number of hydrogen-bond acceptors (Lipinski definition) is 21. The molecule has 2 saturated carbocycles. The van der Waals surface area contributed by atoms with Crippen LogP contribution in [0.2, 0.25) is 0 Å². The molecule has 0 aromatic carbocycles. The van der Waals surface area contributed by atoms with E-state index in [1.54, 1.807) is 97.7 Å². The van der Waals surface area contributed by atoms with Crippen LogP contribution in [0.3, 0.4) is 0 Å². The predicted molar refractivity (Wildman–Crippen MR) is 318 cm³/mol. The van der Waals surface area contributed by atoms with Crippen LogP contribution in [0.1, 0.15) is 66.3 Å². The lowest BCUT2D eigenvalue weighted by atomic mass is 10.2. The highest BCUT2D eigenvalue weighted by Crippen LogP contribution is 2.51. The number of carbonyl (C=O) groups excluding carboxylic acids is 1. The minimum Gasteiger partial charge on any atom is -0.375 e. The van der Waals surface area contributed by atoms with Crippen LogP contribution in [0.4, 0.5) is 10.1 Å². The van der Waals surface area contributed by atoms with Crippen molar-refractivity contribution in [3.8, 4) is 0 Å². The number of halogens is 3. The third-order valence-electron chi connectivity index (χ3n) is 9.68. The van der Waals surface area contributed by atoms with Crippen LogP contribution in [0.5, 0.6) is 0 Å². The van der Waals surface area contributed by atoms with Gasteiger partial charge in [0.1, 0.15) is 38.6 Å². The maximum atomic E-state index is 10.9. The summed E-state index contributed by atoms with van der Waals surface area (Å²) in [6.45, 7) is 6.18. The Morgan fingerprint density at radius 1 is 0.662 bits per heavy atom. The lowest BCUT2D eigenvalue weighted by Crippen LogP contribution is -1.97. The molecule has 0 saturated heterocycles. The molecule has 0 spiro atoms. The molecule has 12 aromatic heterocycles. The first kappa shape index (κ1) is 52.2. The number of nitrogen functional groups attached to an aromatic ring is 1. The Morgan fingerprint density at radius 2 is 1.21 bits per heavy atom. The summed E-state index contributed by atoms with van der Waals surface area (Å²) in [5.41, 5.74) is 8.21. The molecule has 352 valence electrons. The van der Waals surface area contributed by atoms with E-state index >= 15 is 0 Å². The molecule has 2 N–H and O–H groups in total. The van der Waals surface area contributed by atoms with Gasteiger partial charge in [-0.25, -0.2) is 24.9 Å². The maximum Gasteiger partial charge on any atom is 0.338 e. The number of hydrogen-bond donors (Lipinski definition) is 1. The van der Waals surface area contributed by atoms with E-state index in [9.17, 15) is 14.9 Å². The number of ketones is 1. The van der Waals surface area contributed by atoms with Crippen LogP contribution in [0.15, 0.2) is 94.6 Å². The normalized spacial score (nSPS) is 13.7. The summed E-state index contributed by atoms with van der Waals surface area (Å²) in [5, 5.41) is 28.1. The highest BCUT2D eigenvalue weighted by molar-refractivity contribution is 14.1. The lowest BCUT2D eigenvalue weighted by Gasteiger charge is -1.99. The molecule has 0 unspecified atom stereocenters. The second kappa shape index (κ2) is 23.6. The molecule has 0 radical (unpaired) electrons. The van der Waals surface area contributed by atoms with E-state index in [-0.39, 0.29) is 10.8 Å². The Hall–Kier alpha value is -2.09. The molecule has 2 aliphatic rings. The first-order chi connectivity index (χ1) is 32.7. The number of thiophene rings is 7. The quantitative estimate of drug-likeness (QED) is 0.0786. The number of nitro groups is 1. The van der Waals surface area contributed by atoms with Gasteiger partial charge in [0.25, 0.3) is 0 Å². The molecule has 10 nitrogen and oxygen atoms in total. The van der Waals surface area contributed by atoms with Gasteiger partial charge in [0, 0.05) is 27.6 Å². The molecule has 0 aliphatic heterocycles. The Labute approximate surface area is 468 Å². The van der Waals surface area contributed by atoms with E-state index < -0.39 is 4.92 Å². The van der Waals surface area contributed by atoms with Gasteiger partial charge in [-0.1, -0.05) is 36.5 Å². The van der Waals surface area contributed by atoms with E-state index in [0.717, 1.165) is 30.5 Å². The summed E-state index contributed by atoms with van der Waals surface area (Å²) >= 11 is 28.4. The molecule has 0 amide bonds. The fraction of sp³-hybridized carbons (Fsp3) is 0.209. The van der Waals surface area contributed by atoms with Crippen LogP contribution in [-0.2, 0) is 10.8 Å². The summed E-state index contributed by atoms with van der Waals surface area (Å²) in [5.74, 6) is 0.0541. The number of thiazole rings is 5. The van der Waals surface area contributed by atoms with E-state index in [2.05, 4.69) is 117 Å². The van der Waals surface area contributed by atoms with Gasteiger partial charge in [0.05, 0.1) is 36.8 Å². The van der Waals surface area contributed by atoms with Crippen molar-refractivity contribution in [3.63, 3.8) is 0 Å². The fourth-order valence-corrected chi connectivity index (χ4v) is 18.6. The Balaban J connectivity index is 0.000000109. The smallest absolute Gasteiger partial charge is 0.338 e. The van der Waals surface area contributed by atoms with Crippen LogP contribution in [-0.4, -0.2) is 35.6 Å². The van der Waals surface area contributed by atoms with E-state index in [1.165, 1.54) is 94.2 Å². The third kappa shape index (κ3) is 13.9. The second-order valence-corrected chi connectivity index (χ2v) is 30.0. The van der Waals surface area contributed by atoms with Crippen LogP contribution < -0.4 is 5.73 Å². The first-order valence-corrected chi connectivity index (χ1v) is 32.8. The van der Waals surface area contributed by atoms with Gasteiger partial charge in [-0.3, -0.25) is 14.9 Å². The Kier molecular flexibility index (Phi) is 18.2. The second-order valence-electron chi connectivity index (χ2n) is 15.0. The first-order valence-electron chi connectivity index (χ1n) is 19.8. The average molecular weight is 1370 g/mol. The zero-order valence-electron chi connectivity index (χ0n) is 35.5. The Morgan fingerprint density at radius 3 is 1.66 bits per heavy atom. The van der Waals surface area contributed by atoms with Crippen LogP contribution >= 0.6 is 190 Å². The summed E-state index contributed by atoms with van der Waals surface area (Å²) < 4.78 is 9.41. The summed E-state index contributed by atoms with van der Waals surface area (Å²) in [7, 11) is 0. The predicted octanol–water partition coefficient (Wildman–Crippen LogP) is 19.2. The zero-order valence-corrected chi connectivity index (χ0v) is 50.6. The lowest BCUT2D eigenvalue weighted by molar-refractivity contribution is -0.380. The molecule has 12 heterocycles. The molecule has 2 aliphatic carbocycles. The third-order valence-corrected chi connectivity index (χ3v) is 24.0. The summed E-state index contributed by atoms with van der Waals surface area (Å²) in [6.07, 6.45) is 5.30. The number of rotatable bonds is 4. The highest BCUT2D eigenvalue weighted by Gasteiger charge is 2.42. The molecular formula is C43H34Br2IN7O3S12. The number of nitrogens with zero attached hydrogens (tertiary/aromatic N) is 6. The maximum absolute atomic E-state index is 10.9. The van der Waals surface area contributed by atoms with Crippen molar-refractivity contribution in [3.05, 3.63) is 123 Å². The minimum absolute atomic E-state index is 0.0541. The van der Waals surface area contributed by atoms with Crippen molar-refractivity contribution >= 4 is 254 Å². The number of nitrogens with two attached hydrogens (primary N) is 1. The standard InChI is InChI=1S/C9H8INS2.C9H9NS2.C7H5NOS2.C5H4N2S2.C5H3NS2.C4H2BrNO2S.C4H3BrS/c1-9(2-3-9)8-11-7-5(12-8)4-6(10)13-7;1-9(3-4-9)8-10-7-6(12-8)2-5-11-7;1-4(9)6-8-7-5(11-6)2-3-10-7;6-5-7-4-3(9-5)1-2-8-4;1-2-7-5-4(1)8-3-6-5;5-3-1-2-9-4(3)6(7)8;5-4-1-2-6-3-4/h4H,2-3H2,1H3;2,5H,3-4H2,1H3;2-3H,1H3;1-2H,(H2,6,7);1-3H;1-2H;1-3H. The zero-order chi connectivity index (χ0) is 48.0. The molecule has 2 fully saturated rings. The van der Waals surface area contributed by atoms with Crippen LogP contribution in [0.25, 0.3) is 47.7 Å². The van der Waals surface area contributed by atoms with Gasteiger partial charge >= 0.3 is 5.00 Å². The van der Waals surface area contributed by atoms with Gasteiger partial charge in [-0.05, 0) is 155 Å². The molecule has 0 atom stereocenters. The number of fused-ring (bicyclic) bond motifs is 5. The molecule has 14 rings (SSSR count). The fourth-order valence-electron chi connectivity index (χ4n) is 5.47. The topological polar surface area (TPSA) is 151 Å². The number of Topliss-reactive ketones (excluding diaryl/α,β-unsaturated/α-hetero) is 1. The largest absolute Gasteiger partial charge is 0.375 e. The highest BCUT2D eigenvalue weighted by atomic mass is 127. The Bertz CT molecular complexity index is 3350. The molecule has 0 bridgehead atoms. The van der Waals surface area contributed by atoms with E-state index in [1.807, 2.05) is 67.9 Å². The number of aromatic nitrogens is 5. The van der Waals surface area contributed by atoms with E-state index in [4.69, 9.17) is 10.7 Å². The molecule has 68 heavy (non-hydrogen) atoms. The van der Waals surface area contributed by atoms with Gasteiger partial charge < -0.3 is 5.73 Å². The monoisotopic (exact) mass is 1360 g/mol. The van der Waals surface area contributed by atoms with Crippen molar-refractivity contribution in [2.75, 3.05) is 5.73 Å². The summed E-state index contributed by atoms with van der Waals surface area (Å²) in [6, 6.07) is 14.2. The van der Waals surface area contributed by atoms with Gasteiger partial charge in [0.2, 0.25) is 0 Å². The minimum atomic E-state index is -0.408. The van der Waals surface area contributed by atoms with Crippen molar-refractivity contribution in [2.45, 2.75) is 57.3 Å². The van der Waals surface area contributed by atoms with Crippen molar-refractivity contribution in [1.82, 2.24) is 24.9 Å². The average Bonchev–Trinajstić information content (AvgIpc) is 4.08. The van der Waals surface area contributed by atoms with Crippen LogP contribution in [0, 0.1) is 13.0 Å². The molecule has 25 heteroatoms. The van der Waals surface area contributed by atoms with Crippen molar-refractivity contribution in [2.24, 2.45) is 0 Å². The summed E-state index contributed by atoms with van der Waals surface area (Å²) in [4.78, 5) is 47.9. The van der Waals surface area contributed by atoms with Crippen molar-refractivity contribution < 1.29 is 9.72 Å².